The summed E-state index contributed by atoms with van der Waals surface area (Å²) >= 11 is 0. The molecular weight excluding hydrogens is 174 g/mol. The average Bonchev–Trinajstić information content (AvgIpc) is 2.30. The minimum atomic E-state index is 0.308. The van der Waals surface area contributed by atoms with Gasteiger partial charge in [0.1, 0.15) is 0 Å². The monoisotopic (exact) mass is 189 g/mol. The second-order valence-electron chi connectivity index (χ2n) is 3.77. The van der Waals surface area contributed by atoms with Crippen molar-refractivity contribution in [2.45, 2.75) is 25.3 Å². The van der Waals surface area contributed by atoms with Crippen molar-refractivity contribution in [1.29, 1.82) is 0 Å². The molecule has 0 radical (unpaired) electrons. The van der Waals surface area contributed by atoms with Gasteiger partial charge in [0, 0.05) is 6.54 Å². The van der Waals surface area contributed by atoms with Crippen molar-refractivity contribution in [3.05, 3.63) is 35.9 Å². The Morgan fingerprint density at radius 2 is 2.00 bits per heavy atom. The van der Waals surface area contributed by atoms with Crippen LogP contribution in [0.25, 0.3) is 0 Å². The quantitative estimate of drug-likeness (QED) is 0.654. The lowest BCUT2D eigenvalue weighted by Gasteiger charge is -2.32. The van der Waals surface area contributed by atoms with Crippen molar-refractivity contribution >= 4 is 6.41 Å². The number of rotatable bonds is 2. The number of likely N-dealkylation sites (tertiary alicyclic amines) is 1. The second kappa shape index (κ2) is 4.27. The number of amides is 1. The van der Waals surface area contributed by atoms with Gasteiger partial charge in [-0.3, -0.25) is 4.79 Å². The second-order valence-corrected chi connectivity index (χ2v) is 3.77. The third-order valence-corrected chi connectivity index (χ3v) is 2.86. The van der Waals surface area contributed by atoms with E-state index in [0.29, 0.717) is 6.04 Å². The Bertz CT molecular complexity index is 296. The Morgan fingerprint density at radius 3 is 2.71 bits per heavy atom. The highest BCUT2D eigenvalue weighted by Gasteiger charge is 2.21. The molecule has 2 nitrogen and oxygen atoms in total. The predicted octanol–water partition coefficient (Wildman–Crippen LogP) is 2.37. The van der Waals surface area contributed by atoms with Crippen LogP contribution in [0, 0.1) is 0 Å². The molecule has 1 fully saturated rings. The summed E-state index contributed by atoms with van der Waals surface area (Å²) in [7, 11) is 0. The lowest BCUT2D eigenvalue weighted by Crippen LogP contribution is -2.31. The lowest BCUT2D eigenvalue weighted by atomic mass is 9.96. The zero-order chi connectivity index (χ0) is 9.80. The normalized spacial score (nSPS) is 22.0. The minimum absolute atomic E-state index is 0.308. The van der Waals surface area contributed by atoms with Crippen LogP contribution in [0.1, 0.15) is 30.9 Å². The maximum absolute atomic E-state index is 10.9. The topological polar surface area (TPSA) is 20.3 Å². The van der Waals surface area contributed by atoms with Crippen LogP contribution in [0.4, 0.5) is 0 Å². The van der Waals surface area contributed by atoms with E-state index in [9.17, 15) is 4.79 Å². The lowest BCUT2D eigenvalue weighted by molar-refractivity contribution is -0.121. The van der Waals surface area contributed by atoms with Crippen molar-refractivity contribution in [2.24, 2.45) is 0 Å². The van der Waals surface area contributed by atoms with Crippen molar-refractivity contribution in [3.63, 3.8) is 0 Å². The van der Waals surface area contributed by atoms with Gasteiger partial charge in [0.2, 0.25) is 6.41 Å². The standard InChI is InChI=1S/C12H15NO/c14-10-13-9-5-4-8-12(13)11-6-2-1-3-7-11/h1-3,6-7,10,12H,4-5,8-9H2. The fourth-order valence-electron chi connectivity index (χ4n) is 2.11. The van der Waals surface area contributed by atoms with Crippen LogP contribution in [-0.4, -0.2) is 17.9 Å². The minimum Gasteiger partial charge on any atom is -0.338 e. The molecule has 1 unspecified atom stereocenters. The molecule has 74 valence electrons. The van der Waals surface area contributed by atoms with Crippen LogP contribution >= 0.6 is 0 Å². The Hall–Kier alpha value is -1.31. The molecule has 0 aliphatic carbocycles. The zero-order valence-corrected chi connectivity index (χ0v) is 8.23. The smallest absolute Gasteiger partial charge is 0.210 e. The van der Waals surface area contributed by atoms with Gasteiger partial charge in [-0.2, -0.15) is 0 Å². The number of carbonyl (C=O) groups is 1. The molecular formula is C12H15NO. The maximum atomic E-state index is 10.9. The fourth-order valence-corrected chi connectivity index (χ4v) is 2.11. The van der Waals surface area contributed by atoms with Gasteiger partial charge < -0.3 is 4.90 Å². The molecule has 0 spiro atoms. The van der Waals surface area contributed by atoms with Gasteiger partial charge in [0.15, 0.2) is 0 Å². The van der Waals surface area contributed by atoms with Gasteiger partial charge >= 0.3 is 0 Å². The van der Waals surface area contributed by atoms with Crippen molar-refractivity contribution in [1.82, 2.24) is 4.90 Å². The number of piperidine rings is 1. The molecule has 0 bridgehead atoms. The van der Waals surface area contributed by atoms with Crippen LogP contribution in [0.15, 0.2) is 30.3 Å². The number of carbonyl (C=O) groups excluding carboxylic acids is 1. The van der Waals surface area contributed by atoms with E-state index in [1.54, 1.807) is 0 Å². The maximum Gasteiger partial charge on any atom is 0.210 e. The molecule has 1 amide bonds. The molecule has 1 aromatic carbocycles. The van der Waals surface area contributed by atoms with Gasteiger partial charge in [0.25, 0.3) is 0 Å². The number of nitrogens with zero attached hydrogens (tertiary/aromatic N) is 1. The van der Waals surface area contributed by atoms with E-state index in [1.165, 1.54) is 12.0 Å². The number of benzene rings is 1. The Labute approximate surface area is 84.5 Å². The van der Waals surface area contributed by atoms with Gasteiger partial charge in [-0.25, -0.2) is 0 Å². The predicted molar refractivity (Wildman–Crippen MR) is 55.8 cm³/mol. The SMILES string of the molecule is O=CN1CCCCC1c1ccccc1. The van der Waals surface area contributed by atoms with E-state index in [-0.39, 0.29) is 0 Å². The van der Waals surface area contributed by atoms with E-state index in [0.717, 1.165) is 25.8 Å². The van der Waals surface area contributed by atoms with Gasteiger partial charge in [-0.05, 0) is 24.8 Å². The average molecular weight is 189 g/mol. The Morgan fingerprint density at radius 1 is 1.21 bits per heavy atom. The molecule has 1 atom stereocenters. The summed E-state index contributed by atoms with van der Waals surface area (Å²) in [6.07, 6.45) is 4.45. The molecule has 1 aliphatic rings. The van der Waals surface area contributed by atoms with Gasteiger partial charge in [0.05, 0.1) is 6.04 Å². The number of hydrogen-bond acceptors (Lipinski definition) is 1. The molecule has 0 saturated carbocycles. The molecule has 2 heteroatoms. The highest BCUT2D eigenvalue weighted by molar-refractivity contribution is 5.49. The molecule has 1 aromatic rings. The summed E-state index contributed by atoms with van der Waals surface area (Å²) in [4.78, 5) is 12.8. The molecule has 1 heterocycles. The first-order valence-electron chi connectivity index (χ1n) is 5.18. The number of hydrogen-bond donors (Lipinski definition) is 0. The molecule has 1 saturated heterocycles. The van der Waals surface area contributed by atoms with E-state index in [2.05, 4.69) is 12.1 Å². The van der Waals surface area contributed by atoms with Gasteiger partial charge in [-0.1, -0.05) is 30.3 Å². The summed E-state index contributed by atoms with van der Waals surface area (Å²) < 4.78 is 0. The van der Waals surface area contributed by atoms with Crippen LogP contribution < -0.4 is 0 Å². The van der Waals surface area contributed by atoms with Crippen LogP contribution in [0.2, 0.25) is 0 Å². The highest BCUT2D eigenvalue weighted by Crippen LogP contribution is 2.29. The van der Waals surface area contributed by atoms with E-state index >= 15 is 0 Å². The first kappa shape index (κ1) is 9.25. The highest BCUT2D eigenvalue weighted by atomic mass is 16.1. The molecule has 2 rings (SSSR count). The summed E-state index contributed by atoms with van der Waals surface area (Å²) in [6.45, 7) is 0.906. The largest absolute Gasteiger partial charge is 0.338 e. The van der Waals surface area contributed by atoms with Crippen molar-refractivity contribution < 1.29 is 4.79 Å². The fraction of sp³-hybridized carbons (Fsp3) is 0.417. The summed E-state index contributed by atoms with van der Waals surface area (Å²) in [5.41, 5.74) is 1.26. The first-order valence-corrected chi connectivity index (χ1v) is 5.18. The van der Waals surface area contributed by atoms with E-state index in [1.807, 2.05) is 23.1 Å². The van der Waals surface area contributed by atoms with E-state index < -0.39 is 0 Å². The van der Waals surface area contributed by atoms with Crippen LogP contribution in [0.5, 0.6) is 0 Å². The zero-order valence-electron chi connectivity index (χ0n) is 8.23. The molecule has 14 heavy (non-hydrogen) atoms. The van der Waals surface area contributed by atoms with E-state index in [4.69, 9.17) is 0 Å². The van der Waals surface area contributed by atoms with Crippen molar-refractivity contribution in [3.8, 4) is 0 Å². The van der Waals surface area contributed by atoms with Crippen molar-refractivity contribution in [2.75, 3.05) is 6.54 Å². The van der Waals surface area contributed by atoms with Crippen LogP contribution in [0.3, 0.4) is 0 Å². The molecule has 0 aromatic heterocycles. The van der Waals surface area contributed by atoms with Crippen LogP contribution in [-0.2, 0) is 4.79 Å². The third-order valence-electron chi connectivity index (χ3n) is 2.86. The Kier molecular flexibility index (Phi) is 2.82. The summed E-state index contributed by atoms with van der Waals surface area (Å²) in [5, 5.41) is 0. The summed E-state index contributed by atoms with van der Waals surface area (Å²) in [6, 6.07) is 10.6. The third kappa shape index (κ3) is 1.79. The van der Waals surface area contributed by atoms with Gasteiger partial charge in [-0.15, -0.1) is 0 Å². The molecule has 1 aliphatic heterocycles. The summed E-state index contributed by atoms with van der Waals surface area (Å²) in [5.74, 6) is 0. The Balaban J connectivity index is 2.19. The first-order chi connectivity index (χ1) is 6.92. The molecule has 0 N–H and O–H groups in total.